The molecule has 2 heterocycles. The Labute approximate surface area is 149 Å². The molecule has 1 amide bonds. The van der Waals surface area contributed by atoms with E-state index in [0.29, 0.717) is 12.5 Å². The molecular formula is C20H28N3O2+. The van der Waals surface area contributed by atoms with Crippen LogP contribution in [0, 0.1) is 5.92 Å². The molecule has 1 unspecified atom stereocenters. The lowest BCUT2D eigenvalue weighted by Crippen LogP contribution is -3.14. The fraction of sp³-hybridized carbons (Fsp3) is 0.450. The van der Waals surface area contributed by atoms with E-state index >= 15 is 0 Å². The Kier molecular flexibility index (Phi) is 5.43. The van der Waals surface area contributed by atoms with Gasteiger partial charge in [0.05, 0.1) is 25.9 Å². The van der Waals surface area contributed by atoms with Crippen molar-refractivity contribution < 1.29 is 14.4 Å². The van der Waals surface area contributed by atoms with Gasteiger partial charge >= 0.3 is 0 Å². The minimum atomic E-state index is 0.122. The third-order valence-electron chi connectivity index (χ3n) is 4.76. The summed E-state index contributed by atoms with van der Waals surface area (Å²) >= 11 is 0. The van der Waals surface area contributed by atoms with Gasteiger partial charge in [0.25, 0.3) is 5.91 Å². The first kappa shape index (κ1) is 17.5. The van der Waals surface area contributed by atoms with Crippen LogP contribution in [-0.2, 0) is 11.3 Å². The Morgan fingerprint density at radius 3 is 2.96 bits per heavy atom. The molecule has 1 aromatic carbocycles. The molecule has 0 spiro atoms. The Balaban J connectivity index is 1.85. The van der Waals surface area contributed by atoms with Gasteiger partial charge in [-0.1, -0.05) is 26.0 Å². The molecule has 2 N–H and O–H groups in total. The summed E-state index contributed by atoms with van der Waals surface area (Å²) in [4.78, 5) is 13.7. The predicted octanol–water partition coefficient (Wildman–Crippen LogP) is 1.26. The van der Waals surface area contributed by atoms with Gasteiger partial charge in [0.1, 0.15) is 5.75 Å². The summed E-state index contributed by atoms with van der Waals surface area (Å²) in [5.41, 5.74) is 2.44. The van der Waals surface area contributed by atoms with E-state index in [1.807, 2.05) is 12.1 Å². The first-order valence-corrected chi connectivity index (χ1v) is 8.98. The number of rotatable bonds is 6. The van der Waals surface area contributed by atoms with E-state index in [2.05, 4.69) is 54.2 Å². The van der Waals surface area contributed by atoms with E-state index in [9.17, 15) is 4.79 Å². The zero-order valence-corrected chi connectivity index (χ0v) is 15.3. The van der Waals surface area contributed by atoms with E-state index in [1.165, 1.54) is 16.2 Å². The molecule has 2 atom stereocenters. The lowest BCUT2D eigenvalue weighted by Gasteiger charge is -2.34. The van der Waals surface area contributed by atoms with Crippen molar-refractivity contribution in [2.45, 2.75) is 26.4 Å². The van der Waals surface area contributed by atoms with Crippen molar-refractivity contribution >= 4 is 5.91 Å². The number of ether oxygens (including phenoxy) is 1. The largest absolute Gasteiger partial charge is 0.497 e. The van der Waals surface area contributed by atoms with Gasteiger partial charge in [0.2, 0.25) is 0 Å². The van der Waals surface area contributed by atoms with Gasteiger partial charge in [-0.25, -0.2) is 0 Å². The smallest absolute Gasteiger partial charge is 0.275 e. The van der Waals surface area contributed by atoms with Gasteiger partial charge in [-0.15, -0.1) is 0 Å². The topological polar surface area (TPSA) is 47.7 Å². The number of quaternary nitrogens is 1. The van der Waals surface area contributed by atoms with Gasteiger partial charge in [-0.05, 0) is 30.2 Å². The average molecular weight is 342 g/mol. The molecule has 5 nitrogen and oxygen atoms in total. The van der Waals surface area contributed by atoms with Gasteiger partial charge < -0.3 is 19.5 Å². The van der Waals surface area contributed by atoms with E-state index in [0.717, 1.165) is 25.4 Å². The molecule has 1 aliphatic heterocycles. The zero-order valence-electron chi connectivity index (χ0n) is 15.3. The summed E-state index contributed by atoms with van der Waals surface area (Å²) in [6.07, 6.45) is 2.12. The van der Waals surface area contributed by atoms with Crippen molar-refractivity contribution in [3.05, 3.63) is 53.9 Å². The van der Waals surface area contributed by atoms with Crippen molar-refractivity contribution in [3.63, 3.8) is 0 Å². The van der Waals surface area contributed by atoms with Gasteiger partial charge in [-0.2, -0.15) is 0 Å². The maximum absolute atomic E-state index is 12.4. The Hall–Kier alpha value is -2.27. The predicted molar refractivity (Wildman–Crippen MR) is 97.8 cm³/mol. The number of amides is 1. The maximum Gasteiger partial charge on any atom is 0.275 e. The quantitative estimate of drug-likeness (QED) is 0.830. The SMILES string of the molecule is COc1cccc([C@H]2c3cccn3CC[NH+]2CC(=O)NCC(C)C)c1. The van der Waals surface area contributed by atoms with Crippen molar-refractivity contribution in [1.82, 2.24) is 9.88 Å². The molecule has 0 saturated carbocycles. The Morgan fingerprint density at radius 1 is 1.36 bits per heavy atom. The molecular weight excluding hydrogens is 314 g/mol. The second-order valence-corrected chi connectivity index (χ2v) is 7.12. The average Bonchev–Trinajstić information content (AvgIpc) is 3.08. The number of carbonyl (C=O) groups excluding carboxylic acids is 1. The van der Waals surface area contributed by atoms with Gasteiger partial charge in [0.15, 0.2) is 12.6 Å². The molecule has 5 heteroatoms. The minimum Gasteiger partial charge on any atom is -0.497 e. The van der Waals surface area contributed by atoms with E-state index < -0.39 is 0 Å². The maximum atomic E-state index is 12.4. The molecule has 0 fully saturated rings. The van der Waals surface area contributed by atoms with Gasteiger partial charge in [0, 0.05) is 18.3 Å². The highest BCUT2D eigenvalue weighted by Gasteiger charge is 2.33. The molecule has 1 aromatic heterocycles. The van der Waals surface area contributed by atoms with Crippen molar-refractivity contribution in [3.8, 4) is 5.75 Å². The van der Waals surface area contributed by atoms with Gasteiger partial charge in [-0.3, -0.25) is 4.79 Å². The monoisotopic (exact) mass is 342 g/mol. The van der Waals surface area contributed by atoms with Crippen LogP contribution in [-0.4, -0.2) is 37.2 Å². The number of methoxy groups -OCH3 is 1. The summed E-state index contributed by atoms with van der Waals surface area (Å²) in [5.74, 6) is 1.44. The summed E-state index contributed by atoms with van der Waals surface area (Å²) in [6.45, 7) is 7.31. The summed E-state index contributed by atoms with van der Waals surface area (Å²) in [5, 5.41) is 3.05. The highest BCUT2D eigenvalue weighted by atomic mass is 16.5. The number of fused-ring (bicyclic) bond motifs is 1. The molecule has 134 valence electrons. The number of hydrogen-bond donors (Lipinski definition) is 2. The molecule has 0 saturated heterocycles. The van der Waals surface area contributed by atoms with Crippen molar-refractivity contribution in [2.24, 2.45) is 5.92 Å². The molecule has 2 aromatic rings. The first-order valence-electron chi connectivity index (χ1n) is 8.98. The lowest BCUT2D eigenvalue weighted by molar-refractivity contribution is -0.922. The fourth-order valence-corrected chi connectivity index (χ4v) is 3.52. The molecule has 3 rings (SSSR count). The molecule has 25 heavy (non-hydrogen) atoms. The highest BCUT2D eigenvalue weighted by molar-refractivity contribution is 5.76. The van der Waals surface area contributed by atoms with Crippen LogP contribution in [0.4, 0.5) is 0 Å². The van der Waals surface area contributed by atoms with Crippen molar-refractivity contribution in [1.29, 1.82) is 0 Å². The Morgan fingerprint density at radius 2 is 2.20 bits per heavy atom. The summed E-state index contributed by atoms with van der Waals surface area (Å²) in [6, 6.07) is 12.6. The van der Waals surface area contributed by atoms with Crippen LogP contribution in [0.25, 0.3) is 0 Å². The standard InChI is InChI=1S/C20H27N3O2/c1-15(2)13-21-19(24)14-23-11-10-22-9-5-8-18(22)20(23)16-6-4-7-17(12-16)25-3/h4-9,12,15,20H,10-11,13-14H2,1-3H3,(H,21,24)/p+1/t20-/m0/s1. The van der Waals surface area contributed by atoms with Crippen molar-refractivity contribution in [2.75, 3.05) is 26.7 Å². The molecule has 0 bridgehead atoms. The van der Waals surface area contributed by atoms with Crippen LogP contribution in [0.1, 0.15) is 31.1 Å². The normalized spacial score (nSPS) is 19.5. The lowest BCUT2D eigenvalue weighted by atomic mass is 9.99. The second-order valence-electron chi connectivity index (χ2n) is 7.12. The number of benzene rings is 1. The minimum absolute atomic E-state index is 0.122. The van der Waals surface area contributed by atoms with Crippen LogP contribution in [0.3, 0.4) is 0 Å². The van der Waals surface area contributed by atoms with Crippen LogP contribution in [0.5, 0.6) is 5.75 Å². The number of hydrogen-bond acceptors (Lipinski definition) is 2. The van der Waals surface area contributed by atoms with Crippen LogP contribution < -0.4 is 15.0 Å². The summed E-state index contributed by atoms with van der Waals surface area (Å²) in [7, 11) is 1.69. The molecule has 1 aliphatic rings. The van der Waals surface area contributed by atoms with E-state index in [4.69, 9.17) is 4.74 Å². The fourth-order valence-electron chi connectivity index (χ4n) is 3.52. The molecule has 0 radical (unpaired) electrons. The third kappa shape index (κ3) is 4.04. The third-order valence-corrected chi connectivity index (χ3v) is 4.76. The van der Waals surface area contributed by atoms with E-state index in [1.54, 1.807) is 7.11 Å². The van der Waals surface area contributed by atoms with E-state index in [-0.39, 0.29) is 11.9 Å². The number of aromatic nitrogens is 1. The number of nitrogens with zero attached hydrogens (tertiary/aromatic N) is 1. The molecule has 0 aliphatic carbocycles. The van der Waals surface area contributed by atoms with Crippen LogP contribution in [0.15, 0.2) is 42.6 Å². The Bertz CT molecular complexity index is 723. The first-order chi connectivity index (χ1) is 12.1. The highest BCUT2D eigenvalue weighted by Crippen LogP contribution is 2.25. The summed E-state index contributed by atoms with van der Waals surface area (Å²) < 4.78 is 7.69. The van der Waals surface area contributed by atoms with Crippen LogP contribution in [0.2, 0.25) is 0 Å². The number of nitrogens with one attached hydrogen (secondary N) is 2. The number of carbonyl (C=O) groups is 1. The zero-order chi connectivity index (χ0) is 17.8. The van der Waals surface area contributed by atoms with Crippen LogP contribution >= 0.6 is 0 Å². The second kappa shape index (κ2) is 7.74.